The number of ether oxygens (including phenoxy) is 1. The molecule has 0 bridgehead atoms. The molecule has 1 aliphatic heterocycles. The number of carbonyl (C=O) groups excluding carboxylic acids is 1. The van der Waals surface area contributed by atoms with E-state index in [2.05, 4.69) is 4.90 Å². The minimum absolute atomic E-state index is 0.121. The fourth-order valence-electron chi connectivity index (χ4n) is 3.59. The highest BCUT2D eigenvalue weighted by molar-refractivity contribution is 7.89. The van der Waals surface area contributed by atoms with Gasteiger partial charge in [0.05, 0.1) is 16.1 Å². The first kappa shape index (κ1) is 21.3. The van der Waals surface area contributed by atoms with Crippen molar-refractivity contribution >= 4 is 21.7 Å². The van der Waals surface area contributed by atoms with Crippen molar-refractivity contribution < 1.29 is 17.9 Å². The van der Waals surface area contributed by atoms with Gasteiger partial charge in [0, 0.05) is 26.2 Å². The third-order valence-electron chi connectivity index (χ3n) is 5.19. The number of nitrogens with zero attached hydrogens (tertiary/aromatic N) is 2. The van der Waals surface area contributed by atoms with Gasteiger partial charge in [-0.3, -0.25) is 0 Å². The molecule has 0 aromatic heterocycles. The van der Waals surface area contributed by atoms with E-state index in [-0.39, 0.29) is 11.5 Å². The van der Waals surface area contributed by atoms with E-state index < -0.39 is 16.0 Å². The second-order valence-electron chi connectivity index (χ2n) is 7.02. The van der Waals surface area contributed by atoms with E-state index in [1.165, 1.54) is 10.4 Å². The molecule has 0 amide bonds. The van der Waals surface area contributed by atoms with Crippen molar-refractivity contribution in [3.8, 4) is 0 Å². The topological polar surface area (TPSA) is 66.9 Å². The van der Waals surface area contributed by atoms with Crippen molar-refractivity contribution in [3.63, 3.8) is 0 Å². The molecular weight excluding hydrogens is 388 g/mol. The zero-order valence-corrected chi connectivity index (χ0v) is 17.8. The second kappa shape index (κ2) is 9.41. The third kappa shape index (κ3) is 4.79. The molecule has 0 N–H and O–H groups in total. The summed E-state index contributed by atoms with van der Waals surface area (Å²) in [6.45, 7) is 6.19. The van der Waals surface area contributed by atoms with Gasteiger partial charge in [0.15, 0.2) is 0 Å². The van der Waals surface area contributed by atoms with Crippen LogP contribution in [0.2, 0.25) is 0 Å². The van der Waals surface area contributed by atoms with Gasteiger partial charge in [-0.15, -0.1) is 0 Å². The van der Waals surface area contributed by atoms with Crippen molar-refractivity contribution in [2.75, 3.05) is 31.1 Å². The smallest absolute Gasteiger partial charge is 0.340 e. The molecule has 3 rings (SSSR count). The third-order valence-corrected chi connectivity index (χ3v) is 7.24. The van der Waals surface area contributed by atoms with Crippen molar-refractivity contribution in [2.45, 2.75) is 38.2 Å². The van der Waals surface area contributed by atoms with Crippen LogP contribution in [0.25, 0.3) is 0 Å². The van der Waals surface area contributed by atoms with E-state index in [1.807, 2.05) is 30.3 Å². The molecule has 1 aliphatic rings. The Morgan fingerprint density at radius 3 is 2.31 bits per heavy atom. The molecule has 2 aromatic carbocycles. The zero-order valence-electron chi connectivity index (χ0n) is 17.0. The molecule has 0 saturated carbocycles. The van der Waals surface area contributed by atoms with E-state index in [4.69, 9.17) is 4.74 Å². The normalized spacial score (nSPS) is 14.4. The summed E-state index contributed by atoms with van der Waals surface area (Å²) in [7, 11) is -3.66. The molecule has 2 aromatic rings. The Labute approximate surface area is 173 Å². The minimum atomic E-state index is -3.66. The number of esters is 1. The first-order chi connectivity index (χ1) is 14.0. The summed E-state index contributed by atoms with van der Waals surface area (Å²) in [5, 5.41) is 0. The number of carbonyl (C=O) groups is 1. The van der Waals surface area contributed by atoms with Crippen LogP contribution in [0.1, 0.15) is 42.6 Å². The summed E-state index contributed by atoms with van der Waals surface area (Å²) in [4.78, 5) is 15.2. The van der Waals surface area contributed by atoms with Crippen LogP contribution in [0, 0.1) is 0 Å². The Bertz CT molecular complexity index is 935. The highest BCUT2D eigenvalue weighted by Gasteiger charge is 2.27. The van der Waals surface area contributed by atoms with Crippen LogP contribution >= 0.6 is 0 Å². The Morgan fingerprint density at radius 2 is 1.69 bits per heavy atom. The summed E-state index contributed by atoms with van der Waals surface area (Å²) in [6, 6.07) is 14.2. The Balaban J connectivity index is 1.93. The van der Waals surface area contributed by atoms with Gasteiger partial charge in [-0.25, -0.2) is 13.2 Å². The first-order valence-corrected chi connectivity index (χ1v) is 11.5. The van der Waals surface area contributed by atoms with Crippen LogP contribution < -0.4 is 4.90 Å². The van der Waals surface area contributed by atoms with Crippen LogP contribution in [0.3, 0.4) is 0 Å². The zero-order chi connectivity index (χ0) is 20.9. The second-order valence-corrected chi connectivity index (χ2v) is 8.96. The van der Waals surface area contributed by atoms with Crippen LogP contribution in [0.4, 0.5) is 5.69 Å². The fourth-order valence-corrected chi connectivity index (χ4v) is 5.07. The van der Waals surface area contributed by atoms with Crippen LogP contribution in [-0.2, 0) is 21.4 Å². The standard InChI is InChI=1S/C22H28N2O4S/c1-3-24(4-2)29(26,27)19-12-13-21(23-14-8-9-15-23)20(16-19)22(25)28-17-18-10-6-5-7-11-18/h5-7,10-13,16H,3-4,8-9,14-15,17H2,1-2H3. The van der Waals surface area contributed by atoms with Crippen molar-refractivity contribution in [1.29, 1.82) is 0 Å². The summed E-state index contributed by atoms with van der Waals surface area (Å²) >= 11 is 0. The average molecular weight is 417 g/mol. The number of hydrogen-bond donors (Lipinski definition) is 0. The summed E-state index contributed by atoms with van der Waals surface area (Å²) in [5.41, 5.74) is 1.92. The summed E-state index contributed by atoms with van der Waals surface area (Å²) in [6.07, 6.45) is 2.11. The Kier molecular flexibility index (Phi) is 6.92. The molecule has 29 heavy (non-hydrogen) atoms. The SMILES string of the molecule is CCN(CC)S(=O)(=O)c1ccc(N2CCCC2)c(C(=O)OCc2ccccc2)c1. The highest BCUT2D eigenvalue weighted by Crippen LogP contribution is 2.29. The minimum Gasteiger partial charge on any atom is -0.457 e. The molecule has 0 aliphatic carbocycles. The molecule has 7 heteroatoms. The lowest BCUT2D eigenvalue weighted by Gasteiger charge is -2.23. The van der Waals surface area contributed by atoms with E-state index >= 15 is 0 Å². The number of benzene rings is 2. The quantitative estimate of drug-likeness (QED) is 0.614. The van der Waals surface area contributed by atoms with Crippen LogP contribution in [0.15, 0.2) is 53.4 Å². The maximum Gasteiger partial charge on any atom is 0.340 e. The van der Waals surface area contributed by atoms with Crippen molar-refractivity contribution in [1.82, 2.24) is 4.31 Å². The number of rotatable bonds is 8. The predicted molar refractivity (Wildman–Crippen MR) is 114 cm³/mol. The first-order valence-electron chi connectivity index (χ1n) is 10.1. The molecule has 1 saturated heterocycles. The number of hydrogen-bond acceptors (Lipinski definition) is 5. The molecule has 6 nitrogen and oxygen atoms in total. The van der Waals surface area contributed by atoms with Crippen molar-refractivity contribution in [2.24, 2.45) is 0 Å². The van der Waals surface area contributed by atoms with E-state index in [0.29, 0.717) is 18.7 Å². The van der Waals surface area contributed by atoms with E-state index in [1.54, 1.807) is 26.0 Å². The lowest BCUT2D eigenvalue weighted by atomic mass is 10.1. The monoisotopic (exact) mass is 416 g/mol. The predicted octanol–water partition coefficient (Wildman–Crippen LogP) is 3.67. The summed E-state index contributed by atoms with van der Waals surface area (Å²) in [5.74, 6) is -0.507. The van der Waals surface area contributed by atoms with Gasteiger partial charge < -0.3 is 9.64 Å². The average Bonchev–Trinajstić information content (AvgIpc) is 3.27. The van der Waals surface area contributed by atoms with E-state index in [9.17, 15) is 13.2 Å². The van der Waals surface area contributed by atoms with Gasteiger partial charge in [0.1, 0.15) is 6.61 Å². The molecular formula is C22H28N2O4S. The number of sulfonamides is 1. The van der Waals surface area contributed by atoms with Gasteiger partial charge in [0.2, 0.25) is 10.0 Å². The van der Waals surface area contributed by atoms with E-state index in [0.717, 1.165) is 37.2 Å². The summed E-state index contributed by atoms with van der Waals surface area (Å²) < 4.78 is 32.8. The lowest BCUT2D eigenvalue weighted by molar-refractivity contribution is 0.0473. The Morgan fingerprint density at radius 1 is 1.03 bits per heavy atom. The van der Waals surface area contributed by atoms with Crippen LogP contribution in [0.5, 0.6) is 0 Å². The van der Waals surface area contributed by atoms with Gasteiger partial charge in [-0.05, 0) is 36.6 Å². The van der Waals surface area contributed by atoms with Gasteiger partial charge in [-0.1, -0.05) is 44.2 Å². The highest BCUT2D eigenvalue weighted by atomic mass is 32.2. The molecule has 1 fully saturated rings. The molecule has 0 unspecified atom stereocenters. The molecule has 0 atom stereocenters. The van der Waals surface area contributed by atoms with Gasteiger partial charge in [-0.2, -0.15) is 4.31 Å². The van der Waals surface area contributed by atoms with Crippen molar-refractivity contribution in [3.05, 3.63) is 59.7 Å². The van der Waals surface area contributed by atoms with Gasteiger partial charge in [0.25, 0.3) is 0 Å². The molecule has 0 spiro atoms. The Hall–Kier alpha value is -2.38. The van der Waals surface area contributed by atoms with Crippen LogP contribution in [-0.4, -0.2) is 44.9 Å². The number of anilines is 1. The lowest BCUT2D eigenvalue weighted by Crippen LogP contribution is -2.31. The van der Waals surface area contributed by atoms with Gasteiger partial charge >= 0.3 is 5.97 Å². The molecule has 0 radical (unpaired) electrons. The fraction of sp³-hybridized carbons (Fsp3) is 0.409. The largest absolute Gasteiger partial charge is 0.457 e. The maximum atomic E-state index is 12.9. The molecule has 156 valence electrons. The molecule has 1 heterocycles. The maximum absolute atomic E-state index is 12.9.